The molecule has 0 saturated heterocycles. The summed E-state index contributed by atoms with van der Waals surface area (Å²) in [7, 11) is 0. The molecule has 23 heavy (non-hydrogen) atoms. The van der Waals surface area contributed by atoms with E-state index in [0.29, 0.717) is 12.1 Å². The van der Waals surface area contributed by atoms with Crippen LogP contribution >= 0.6 is 0 Å². The van der Waals surface area contributed by atoms with Gasteiger partial charge in [-0.3, -0.25) is 0 Å². The predicted molar refractivity (Wildman–Crippen MR) is 100 cm³/mol. The molecule has 0 saturated carbocycles. The van der Waals surface area contributed by atoms with Gasteiger partial charge in [-0.25, -0.2) is 0 Å². The van der Waals surface area contributed by atoms with Crippen molar-refractivity contribution >= 4 is 11.4 Å². The SMILES string of the molecule is Cc1cc(NC(C)C)cc2c1NC(c1ccccc1)CC2(C)C. The molecule has 1 unspecified atom stereocenters. The molecule has 0 radical (unpaired) electrons. The van der Waals surface area contributed by atoms with Crippen LogP contribution in [0.1, 0.15) is 56.8 Å². The van der Waals surface area contributed by atoms with Gasteiger partial charge >= 0.3 is 0 Å². The van der Waals surface area contributed by atoms with E-state index in [1.165, 1.54) is 28.1 Å². The Labute approximate surface area is 140 Å². The summed E-state index contributed by atoms with van der Waals surface area (Å²) in [6.45, 7) is 11.3. The van der Waals surface area contributed by atoms with E-state index >= 15 is 0 Å². The quantitative estimate of drug-likeness (QED) is 0.765. The third-order valence-electron chi connectivity index (χ3n) is 4.75. The summed E-state index contributed by atoms with van der Waals surface area (Å²) in [6.07, 6.45) is 1.11. The van der Waals surface area contributed by atoms with Gasteiger partial charge in [-0.2, -0.15) is 0 Å². The zero-order valence-electron chi connectivity index (χ0n) is 14.9. The molecular formula is C21H28N2. The molecule has 0 amide bonds. The number of hydrogen-bond acceptors (Lipinski definition) is 2. The zero-order valence-corrected chi connectivity index (χ0v) is 14.9. The summed E-state index contributed by atoms with van der Waals surface area (Å²) in [5.74, 6) is 0. The van der Waals surface area contributed by atoms with Gasteiger partial charge in [0.05, 0.1) is 6.04 Å². The van der Waals surface area contributed by atoms with Crippen molar-refractivity contribution in [3.8, 4) is 0 Å². The highest BCUT2D eigenvalue weighted by molar-refractivity contribution is 5.69. The van der Waals surface area contributed by atoms with Crippen LogP contribution in [-0.4, -0.2) is 6.04 Å². The lowest BCUT2D eigenvalue weighted by Crippen LogP contribution is -2.32. The molecule has 0 spiro atoms. The predicted octanol–water partition coefficient (Wildman–Crippen LogP) is 5.65. The first-order chi connectivity index (χ1) is 10.9. The maximum atomic E-state index is 3.79. The minimum atomic E-state index is 0.153. The van der Waals surface area contributed by atoms with Gasteiger partial charge in [-0.1, -0.05) is 44.2 Å². The van der Waals surface area contributed by atoms with Crippen LogP contribution in [0.5, 0.6) is 0 Å². The molecule has 1 aliphatic rings. The van der Waals surface area contributed by atoms with E-state index in [1.54, 1.807) is 0 Å². The number of fused-ring (bicyclic) bond motifs is 1. The molecule has 122 valence electrons. The molecule has 0 fully saturated rings. The lowest BCUT2D eigenvalue weighted by atomic mass is 9.73. The van der Waals surface area contributed by atoms with Crippen LogP contribution in [0.3, 0.4) is 0 Å². The molecule has 1 aliphatic heterocycles. The molecule has 2 N–H and O–H groups in total. The van der Waals surface area contributed by atoms with Crippen molar-refractivity contribution < 1.29 is 0 Å². The number of nitrogens with one attached hydrogen (secondary N) is 2. The number of benzene rings is 2. The van der Waals surface area contributed by atoms with Crippen LogP contribution in [0.15, 0.2) is 42.5 Å². The summed E-state index contributed by atoms with van der Waals surface area (Å²) in [4.78, 5) is 0. The monoisotopic (exact) mass is 308 g/mol. The minimum Gasteiger partial charge on any atom is -0.383 e. The number of anilines is 2. The van der Waals surface area contributed by atoms with Crippen molar-refractivity contribution in [2.75, 3.05) is 10.6 Å². The average molecular weight is 308 g/mol. The Morgan fingerprint density at radius 1 is 1.13 bits per heavy atom. The van der Waals surface area contributed by atoms with Gasteiger partial charge < -0.3 is 10.6 Å². The normalized spacial score (nSPS) is 19.1. The summed E-state index contributed by atoms with van der Waals surface area (Å²) < 4.78 is 0. The first-order valence-electron chi connectivity index (χ1n) is 8.60. The van der Waals surface area contributed by atoms with Crippen LogP contribution in [0.4, 0.5) is 11.4 Å². The number of rotatable bonds is 3. The highest BCUT2D eigenvalue weighted by Crippen LogP contribution is 2.46. The second-order valence-corrected chi connectivity index (χ2v) is 7.71. The van der Waals surface area contributed by atoms with Crippen molar-refractivity contribution in [2.45, 2.75) is 58.5 Å². The molecule has 2 heteroatoms. The average Bonchev–Trinajstić information content (AvgIpc) is 2.48. The minimum absolute atomic E-state index is 0.153. The van der Waals surface area contributed by atoms with Crippen LogP contribution in [0.2, 0.25) is 0 Å². The van der Waals surface area contributed by atoms with Crippen molar-refractivity contribution in [1.29, 1.82) is 0 Å². The van der Waals surface area contributed by atoms with E-state index in [0.717, 1.165) is 6.42 Å². The summed E-state index contributed by atoms with van der Waals surface area (Å²) in [5, 5.41) is 7.34. The molecule has 2 nitrogen and oxygen atoms in total. The fourth-order valence-electron chi connectivity index (χ4n) is 3.66. The van der Waals surface area contributed by atoms with E-state index in [9.17, 15) is 0 Å². The second kappa shape index (κ2) is 5.92. The van der Waals surface area contributed by atoms with E-state index in [-0.39, 0.29) is 5.41 Å². The fourth-order valence-corrected chi connectivity index (χ4v) is 3.66. The highest BCUT2D eigenvalue weighted by atomic mass is 15.0. The summed E-state index contributed by atoms with van der Waals surface area (Å²) >= 11 is 0. The highest BCUT2D eigenvalue weighted by Gasteiger charge is 2.34. The van der Waals surface area contributed by atoms with E-state index in [1.807, 2.05) is 0 Å². The molecule has 2 aromatic carbocycles. The van der Waals surface area contributed by atoms with Gasteiger partial charge in [0.15, 0.2) is 0 Å². The fraction of sp³-hybridized carbons (Fsp3) is 0.429. The first kappa shape index (κ1) is 15.9. The topological polar surface area (TPSA) is 24.1 Å². The standard InChI is InChI=1S/C21H28N2/c1-14(2)22-17-11-15(3)20-18(12-17)21(4,5)13-19(23-20)16-9-7-6-8-10-16/h6-12,14,19,22-23H,13H2,1-5H3. The van der Waals surface area contributed by atoms with Crippen molar-refractivity contribution in [3.63, 3.8) is 0 Å². The van der Waals surface area contributed by atoms with Crippen molar-refractivity contribution in [2.24, 2.45) is 0 Å². The molecule has 3 rings (SSSR count). The number of hydrogen-bond donors (Lipinski definition) is 2. The Morgan fingerprint density at radius 2 is 1.83 bits per heavy atom. The smallest absolute Gasteiger partial charge is 0.0522 e. The Kier molecular flexibility index (Phi) is 4.09. The molecule has 1 atom stereocenters. The summed E-state index contributed by atoms with van der Waals surface area (Å²) in [6, 6.07) is 16.2. The Balaban J connectivity index is 2.01. The third-order valence-corrected chi connectivity index (χ3v) is 4.75. The van der Waals surface area contributed by atoms with Crippen LogP contribution in [0, 0.1) is 6.92 Å². The molecule has 1 heterocycles. The van der Waals surface area contributed by atoms with Gasteiger partial charge in [-0.05, 0) is 61.4 Å². The van der Waals surface area contributed by atoms with Crippen LogP contribution in [0.25, 0.3) is 0 Å². The van der Waals surface area contributed by atoms with Crippen LogP contribution < -0.4 is 10.6 Å². The molecular weight excluding hydrogens is 280 g/mol. The molecule has 2 aromatic rings. The first-order valence-corrected chi connectivity index (χ1v) is 8.60. The van der Waals surface area contributed by atoms with Gasteiger partial charge in [0.25, 0.3) is 0 Å². The van der Waals surface area contributed by atoms with E-state index in [2.05, 4.69) is 87.7 Å². The van der Waals surface area contributed by atoms with Crippen molar-refractivity contribution in [1.82, 2.24) is 0 Å². The lowest BCUT2D eigenvalue weighted by Gasteiger charge is -2.40. The van der Waals surface area contributed by atoms with Gasteiger partial charge in [0.2, 0.25) is 0 Å². The summed E-state index contributed by atoms with van der Waals surface area (Å²) in [5.41, 5.74) is 6.80. The Morgan fingerprint density at radius 3 is 2.48 bits per heavy atom. The maximum absolute atomic E-state index is 3.79. The van der Waals surface area contributed by atoms with Crippen molar-refractivity contribution in [3.05, 3.63) is 59.2 Å². The van der Waals surface area contributed by atoms with E-state index < -0.39 is 0 Å². The Bertz CT molecular complexity index is 686. The Hall–Kier alpha value is -1.96. The second-order valence-electron chi connectivity index (χ2n) is 7.71. The third kappa shape index (κ3) is 3.21. The van der Waals surface area contributed by atoms with Gasteiger partial charge in [0, 0.05) is 17.4 Å². The zero-order chi connectivity index (χ0) is 16.6. The van der Waals surface area contributed by atoms with Gasteiger partial charge in [-0.15, -0.1) is 0 Å². The lowest BCUT2D eigenvalue weighted by molar-refractivity contribution is 0.427. The molecule has 0 aromatic heterocycles. The maximum Gasteiger partial charge on any atom is 0.0522 e. The largest absolute Gasteiger partial charge is 0.383 e. The van der Waals surface area contributed by atoms with Crippen LogP contribution in [-0.2, 0) is 5.41 Å². The molecule has 0 bridgehead atoms. The van der Waals surface area contributed by atoms with Gasteiger partial charge in [0.1, 0.15) is 0 Å². The number of aryl methyl sites for hydroxylation is 1. The van der Waals surface area contributed by atoms with E-state index in [4.69, 9.17) is 0 Å². The molecule has 0 aliphatic carbocycles.